The quantitative estimate of drug-likeness (QED) is 0.311. The van der Waals surface area contributed by atoms with Gasteiger partial charge in [0.1, 0.15) is 18.1 Å². The summed E-state index contributed by atoms with van der Waals surface area (Å²) in [6, 6.07) is 11.9. The number of carbonyl (C=O) groups is 2. The summed E-state index contributed by atoms with van der Waals surface area (Å²) in [6.45, 7) is 6.05. The van der Waals surface area contributed by atoms with Crippen LogP contribution in [0.2, 0.25) is 10.0 Å². The van der Waals surface area contributed by atoms with E-state index in [9.17, 15) is 9.59 Å². The van der Waals surface area contributed by atoms with Crippen molar-refractivity contribution in [1.82, 2.24) is 10.5 Å². The Bertz CT molecular complexity index is 1140. The van der Waals surface area contributed by atoms with Crippen LogP contribution in [0.1, 0.15) is 58.6 Å². The van der Waals surface area contributed by atoms with Gasteiger partial charge in [-0.1, -0.05) is 47.8 Å². The zero-order chi connectivity index (χ0) is 25.4. The Kier molecular flexibility index (Phi) is 9.57. The molecule has 0 aliphatic carbocycles. The van der Waals surface area contributed by atoms with Crippen LogP contribution in [0.5, 0.6) is 5.75 Å². The van der Waals surface area contributed by atoms with Crippen LogP contribution in [0, 0.1) is 13.8 Å². The fourth-order valence-corrected chi connectivity index (χ4v) is 4.16. The lowest BCUT2D eigenvalue weighted by Crippen LogP contribution is -2.32. The van der Waals surface area contributed by atoms with E-state index in [1.165, 1.54) is 0 Å². The number of ether oxygens (including phenoxy) is 2. The van der Waals surface area contributed by atoms with Gasteiger partial charge >= 0.3 is 5.97 Å². The van der Waals surface area contributed by atoms with Gasteiger partial charge in [-0.15, -0.1) is 0 Å². The second-order valence-corrected chi connectivity index (χ2v) is 8.99. The minimum absolute atomic E-state index is 0.0300. The number of amides is 1. The first kappa shape index (κ1) is 26.6. The Labute approximate surface area is 214 Å². The minimum atomic E-state index is -0.594. The lowest BCUT2D eigenvalue weighted by Gasteiger charge is -2.19. The van der Waals surface area contributed by atoms with Crippen LogP contribution in [0.4, 0.5) is 0 Å². The van der Waals surface area contributed by atoms with E-state index in [4.69, 9.17) is 37.2 Å². The van der Waals surface area contributed by atoms with Crippen LogP contribution in [-0.2, 0) is 16.1 Å². The zero-order valence-electron chi connectivity index (χ0n) is 19.9. The molecule has 0 spiro atoms. The molecule has 2 aromatic carbocycles. The van der Waals surface area contributed by atoms with Crippen LogP contribution in [0.25, 0.3) is 0 Å². The van der Waals surface area contributed by atoms with E-state index in [1.54, 1.807) is 36.4 Å². The van der Waals surface area contributed by atoms with Crippen molar-refractivity contribution in [2.45, 2.75) is 46.1 Å². The molecule has 186 valence electrons. The predicted octanol–water partition coefficient (Wildman–Crippen LogP) is 6.03. The van der Waals surface area contributed by atoms with Gasteiger partial charge in [-0.2, -0.15) is 0 Å². The predicted molar refractivity (Wildman–Crippen MR) is 134 cm³/mol. The lowest BCUT2D eigenvalue weighted by atomic mass is 9.94. The molecule has 0 saturated carbocycles. The maximum absolute atomic E-state index is 12.3. The molecule has 0 saturated heterocycles. The standard InChI is InChI=1S/C26H28Cl2N2O5/c1-4-5-19(22-11-8-20(27)12-24(22)28)13-29-25(31)15-34-26(32)18-6-9-21(10-7-18)33-14-23-16(2)30-35-17(23)3/h6-12,19H,4-5,13-15H2,1-3H3,(H,29,31)/t19-/m1/s1. The van der Waals surface area contributed by atoms with Crippen molar-refractivity contribution in [3.05, 3.63) is 80.7 Å². The molecule has 3 rings (SSSR count). The summed E-state index contributed by atoms with van der Waals surface area (Å²) in [5, 5.41) is 7.84. The minimum Gasteiger partial charge on any atom is -0.489 e. The van der Waals surface area contributed by atoms with Gasteiger partial charge in [0, 0.05) is 22.5 Å². The van der Waals surface area contributed by atoms with E-state index in [1.807, 2.05) is 19.9 Å². The molecule has 35 heavy (non-hydrogen) atoms. The second kappa shape index (κ2) is 12.6. The Morgan fingerprint density at radius 1 is 1.11 bits per heavy atom. The van der Waals surface area contributed by atoms with Gasteiger partial charge in [0.25, 0.3) is 5.91 Å². The summed E-state index contributed by atoms with van der Waals surface area (Å²) in [5.41, 5.74) is 2.91. The summed E-state index contributed by atoms with van der Waals surface area (Å²) >= 11 is 12.3. The summed E-state index contributed by atoms with van der Waals surface area (Å²) in [4.78, 5) is 24.6. The molecule has 1 heterocycles. The van der Waals surface area contributed by atoms with E-state index in [2.05, 4.69) is 17.4 Å². The maximum atomic E-state index is 12.3. The Balaban J connectivity index is 1.47. The highest BCUT2D eigenvalue weighted by molar-refractivity contribution is 6.35. The molecule has 0 fully saturated rings. The SMILES string of the molecule is CCC[C@H](CNC(=O)COC(=O)c1ccc(OCc2c(C)noc2C)cc1)c1ccc(Cl)cc1Cl. The molecule has 9 heteroatoms. The first-order chi connectivity index (χ1) is 16.8. The molecule has 1 N–H and O–H groups in total. The normalized spacial score (nSPS) is 11.7. The van der Waals surface area contributed by atoms with E-state index in [-0.39, 0.29) is 18.4 Å². The molecule has 0 aliphatic heterocycles. The van der Waals surface area contributed by atoms with Crippen LogP contribution >= 0.6 is 23.2 Å². The summed E-state index contributed by atoms with van der Waals surface area (Å²) < 4.78 is 16.0. The maximum Gasteiger partial charge on any atom is 0.338 e. The number of hydrogen-bond acceptors (Lipinski definition) is 6. The second-order valence-electron chi connectivity index (χ2n) is 8.15. The van der Waals surface area contributed by atoms with Crippen molar-refractivity contribution in [3.63, 3.8) is 0 Å². The topological polar surface area (TPSA) is 90.7 Å². The molecule has 3 aromatic rings. The third-order valence-corrected chi connectivity index (χ3v) is 6.14. The average molecular weight is 519 g/mol. The molecular formula is C26H28Cl2N2O5. The van der Waals surface area contributed by atoms with Gasteiger partial charge < -0.3 is 19.3 Å². The first-order valence-electron chi connectivity index (χ1n) is 11.3. The lowest BCUT2D eigenvalue weighted by molar-refractivity contribution is -0.124. The number of nitrogens with zero attached hydrogens (tertiary/aromatic N) is 1. The molecular weight excluding hydrogens is 491 g/mol. The average Bonchev–Trinajstić information content (AvgIpc) is 3.16. The van der Waals surface area contributed by atoms with Crippen molar-refractivity contribution in [2.24, 2.45) is 0 Å². The molecule has 1 aromatic heterocycles. The number of halogens is 2. The molecule has 1 amide bonds. The van der Waals surface area contributed by atoms with Crippen LogP contribution in [0.15, 0.2) is 47.0 Å². The summed E-state index contributed by atoms with van der Waals surface area (Å²) in [7, 11) is 0. The van der Waals surface area contributed by atoms with Gasteiger partial charge in [-0.3, -0.25) is 4.79 Å². The monoisotopic (exact) mass is 518 g/mol. The highest BCUT2D eigenvalue weighted by Crippen LogP contribution is 2.30. The molecule has 0 aliphatic rings. The van der Waals surface area contributed by atoms with Crippen molar-refractivity contribution in [3.8, 4) is 5.75 Å². The van der Waals surface area contributed by atoms with Gasteiger partial charge in [-0.05, 0) is 62.2 Å². The zero-order valence-corrected chi connectivity index (χ0v) is 21.4. The molecule has 0 radical (unpaired) electrons. The fraction of sp³-hybridized carbons (Fsp3) is 0.346. The van der Waals surface area contributed by atoms with Crippen LogP contribution in [0.3, 0.4) is 0 Å². The van der Waals surface area contributed by atoms with Gasteiger partial charge in [-0.25, -0.2) is 4.79 Å². The Morgan fingerprint density at radius 3 is 2.49 bits per heavy atom. The van der Waals surface area contributed by atoms with E-state index < -0.39 is 5.97 Å². The number of rotatable bonds is 11. The smallest absolute Gasteiger partial charge is 0.338 e. The number of esters is 1. The van der Waals surface area contributed by atoms with Gasteiger partial charge in [0.2, 0.25) is 0 Å². The number of hydrogen-bond donors (Lipinski definition) is 1. The molecule has 7 nitrogen and oxygen atoms in total. The van der Waals surface area contributed by atoms with Gasteiger partial charge in [0.05, 0.1) is 16.8 Å². The summed E-state index contributed by atoms with van der Waals surface area (Å²) in [6.07, 6.45) is 1.76. The molecule has 0 bridgehead atoms. The highest BCUT2D eigenvalue weighted by atomic mass is 35.5. The van der Waals surface area contributed by atoms with Crippen LogP contribution < -0.4 is 10.1 Å². The number of carbonyl (C=O) groups excluding carboxylic acids is 2. The molecule has 0 unspecified atom stereocenters. The highest BCUT2D eigenvalue weighted by Gasteiger charge is 2.17. The Morgan fingerprint density at radius 2 is 1.86 bits per heavy atom. The van der Waals surface area contributed by atoms with E-state index in [0.717, 1.165) is 29.7 Å². The number of nitrogens with one attached hydrogen (secondary N) is 1. The summed E-state index contributed by atoms with van der Waals surface area (Å²) in [5.74, 6) is 0.343. The van der Waals surface area contributed by atoms with Crippen molar-refractivity contribution in [2.75, 3.05) is 13.2 Å². The van der Waals surface area contributed by atoms with Crippen molar-refractivity contribution in [1.29, 1.82) is 0 Å². The van der Waals surface area contributed by atoms with Crippen molar-refractivity contribution >= 4 is 35.1 Å². The number of aryl methyl sites for hydroxylation is 2. The van der Waals surface area contributed by atoms with Crippen molar-refractivity contribution < 1.29 is 23.6 Å². The van der Waals surface area contributed by atoms with E-state index >= 15 is 0 Å². The Hall–Kier alpha value is -3.03. The number of benzene rings is 2. The first-order valence-corrected chi connectivity index (χ1v) is 12.1. The van der Waals surface area contributed by atoms with Crippen LogP contribution in [-0.4, -0.2) is 30.2 Å². The van der Waals surface area contributed by atoms with Gasteiger partial charge in [0.15, 0.2) is 6.61 Å². The third kappa shape index (κ3) is 7.47. The largest absolute Gasteiger partial charge is 0.489 e. The van der Waals surface area contributed by atoms with E-state index in [0.29, 0.717) is 40.3 Å². The molecule has 1 atom stereocenters. The number of aromatic nitrogens is 1. The fourth-order valence-electron chi connectivity index (χ4n) is 3.60. The third-order valence-electron chi connectivity index (χ3n) is 5.57.